The Balaban J connectivity index is 1.42. The van der Waals surface area contributed by atoms with Crippen molar-refractivity contribution in [1.29, 1.82) is 0 Å². The van der Waals surface area contributed by atoms with Crippen LogP contribution in [0.25, 0.3) is 0 Å². The van der Waals surface area contributed by atoms with Crippen LogP contribution in [0.4, 0.5) is 0 Å². The molecule has 1 fully saturated rings. The van der Waals surface area contributed by atoms with Gasteiger partial charge in [0.1, 0.15) is 11.5 Å². The quantitative estimate of drug-likeness (QED) is 0.409. The molecule has 2 aromatic rings. The topological polar surface area (TPSA) is 58.1 Å². The molecular formula is C20H23ClN4O2S. The third-order valence-electron chi connectivity index (χ3n) is 4.10. The van der Waals surface area contributed by atoms with Crippen molar-refractivity contribution in [1.82, 2.24) is 15.6 Å². The standard InChI is InChI=1S/C20H23ClN4O2S/c21-17-4-6-18(7-5-17)27-19-3-1-2-16(14-19)15-23-24-20(28)22-8-9-25-10-12-26-13-11-25/h1-7,14-15H,8-13H2,(H2,22,24,28)/b23-15-. The number of rotatable bonds is 7. The van der Waals surface area contributed by atoms with Crippen molar-refractivity contribution in [2.24, 2.45) is 5.10 Å². The number of nitrogens with zero attached hydrogens (tertiary/aromatic N) is 2. The molecule has 2 aromatic carbocycles. The van der Waals surface area contributed by atoms with E-state index in [4.69, 9.17) is 33.3 Å². The Morgan fingerprint density at radius 1 is 1.18 bits per heavy atom. The molecule has 1 heterocycles. The predicted molar refractivity (Wildman–Crippen MR) is 117 cm³/mol. The first-order chi connectivity index (χ1) is 13.7. The molecule has 0 atom stereocenters. The summed E-state index contributed by atoms with van der Waals surface area (Å²) in [6.45, 7) is 5.23. The molecule has 0 radical (unpaired) electrons. The van der Waals surface area contributed by atoms with Crippen LogP contribution in [-0.4, -0.2) is 55.6 Å². The number of morpholine rings is 1. The molecule has 8 heteroatoms. The van der Waals surface area contributed by atoms with E-state index >= 15 is 0 Å². The fourth-order valence-corrected chi connectivity index (χ4v) is 2.94. The van der Waals surface area contributed by atoms with Crippen LogP contribution in [0.2, 0.25) is 5.02 Å². The Labute approximate surface area is 175 Å². The zero-order valence-electron chi connectivity index (χ0n) is 15.4. The summed E-state index contributed by atoms with van der Waals surface area (Å²) in [4.78, 5) is 2.34. The minimum absolute atomic E-state index is 0.498. The summed E-state index contributed by atoms with van der Waals surface area (Å²) in [5, 5.41) is 8.51. The molecule has 0 aliphatic carbocycles. The van der Waals surface area contributed by atoms with Gasteiger partial charge in [-0.2, -0.15) is 5.10 Å². The Kier molecular flexibility index (Phi) is 8.05. The molecule has 2 N–H and O–H groups in total. The lowest BCUT2D eigenvalue weighted by Crippen LogP contribution is -2.42. The van der Waals surface area contributed by atoms with Crippen LogP contribution >= 0.6 is 23.8 Å². The number of benzene rings is 2. The molecule has 0 saturated carbocycles. The van der Waals surface area contributed by atoms with E-state index in [2.05, 4.69) is 20.7 Å². The highest BCUT2D eigenvalue weighted by Crippen LogP contribution is 2.23. The van der Waals surface area contributed by atoms with Crippen LogP contribution in [0.3, 0.4) is 0 Å². The highest BCUT2D eigenvalue weighted by Gasteiger charge is 2.09. The van der Waals surface area contributed by atoms with E-state index in [9.17, 15) is 0 Å². The largest absolute Gasteiger partial charge is 0.457 e. The summed E-state index contributed by atoms with van der Waals surface area (Å²) in [6, 6.07) is 14.9. The average Bonchev–Trinajstić information content (AvgIpc) is 2.71. The zero-order chi connectivity index (χ0) is 19.6. The SMILES string of the molecule is S=C(NCCN1CCOCC1)N/N=C\c1cccc(Oc2ccc(Cl)cc2)c1. The molecule has 0 aromatic heterocycles. The molecule has 3 rings (SSSR count). The van der Waals surface area contributed by atoms with Gasteiger partial charge in [-0.25, -0.2) is 0 Å². The van der Waals surface area contributed by atoms with Crippen molar-refractivity contribution in [3.63, 3.8) is 0 Å². The minimum Gasteiger partial charge on any atom is -0.457 e. The number of nitrogens with one attached hydrogen (secondary N) is 2. The van der Waals surface area contributed by atoms with Crippen molar-refractivity contribution in [2.75, 3.05) is 39.4 Å². The Bertz CT molecular complexity index is 795. The number of hydrogen-bond acceptors (Lipinski definition) is 5. The van der Waals surface area contributed by atoms with Gasteiger partial charge < -0.3 is 14.8 Å². The smallest absolute Gasteiger partial charge is 0.187 e. The van der Waals surface area contributed by atoms with Gasteiger partial charge in [0, 0.05) is 31.2 Å². The van der Waals surface area contributed by atoms with Crippen molar-refractivity contribution in [2.45, 2.75) is 0 Å². The second-order valence-corrected chi connectivity index (χ2v) is 7.05. The van der Waals surface area contributed by atoms with Gasteiger partial charge in [-0.3, -0.25) is 10.3 Å². The van der Waals surface area contributed by atoms with Crippen molar-refractivity contribution in [3.8, 4) is 11.5 Å². The van der Waals surface area contributed by atoms with Gasteiger partial charge in [-0.05, 0) is 54.2 Å². The van der Waals surface area contributed by atoms with Crippen LogP contribution in [0.15, 0.2) is 53.6 Å². The van der Waals surface area contributed by atoms with E-state index in [0.717, 1.165) is 56.5 Å². The van der Waals surface area contributed by atoms with E-state index in [-0.39, 0.29) is 0 Å². The van der Waals surface area contributed by atoms with Crippen molar-refractivity contribution in [3.05, 3.63) is 59.1 Å². The third kappa shape index (κ3) is 7.09. The molecular weight excluding hydrogens is 396 g/mol. The third-order valence-corrected chi connectivity index (χ3v) is 4.59. The fraction of sp³-hybridized carbons (Fsp3) is 0.300. The molecule has 148 valence electrons. The Hall–Kier alpha value is -2.19. The monoisotopic (exact) mass is 418 g/mol. The van der Waals surface area contributed by atoms with Gasteiger partial charge in [0.25, 0.3) is 0 Å². The minimum atomic E-state index is 0.498. The second-order valence-electron chi connectivity index (χ2n) is 6.21. The lowest BCUT2D eigenvalue weighted by Gasteiger charge is -2.26. The van der Waals surface area contributed by atoms with E-state index in [1.54, 1.807) is 18.3 Å². The van der Waals surface area contributed by atoms with Crippen LogP contribution < -0.4 is 15.5 Å². The zero-order valence-corrected chi connectivity index (χ0v) is 17.0. The first-order valence-electron chi connectivity index (χ1n) is 9.09. The number of hydrazone groups is 1. The van der Waals surface area contributed by atoms with Gasteiger partial charge in [0.2, 0.25) is 0 Å². The molecule has 6 nitrogen and oxygen atoms in total. The fourth-order valence-electron chi connectivity index (χ4n) is 2.65. The van der Waals surface area contributed by atoms with Gasteiger partial charge in [-0.15, -0.1) is 0 Å². The maximum atomic E-state index is 5.89. The molecule has 0 unspecified atom stereocenters. The van der Waals surface area contributed by atoms with E-state index in [1.807, 2.05) is 36.4 Å². The Morgan fingerprint density at radius 3 is 2.75 bits per heavy atom. The van der Waals surface area contributed by atoms with Gasteiger partial charge >= 0.3 is 0 Å². The predicted octanol–water partition coefficient (Wildman–Crippen LogP) is 3.26. The average molecular weight is 419 g/mol. The van der Waals surface area contributed by atoms with Crippen LogP contribution in [0, 0.1) is 0 Å². The van der Waals surface area contributed by atoms with Crippen LogP contribution in [0.5, 0.6) is 11.5 Å². The normalized spacial score (nSPS) is 14.8. The van der Waals surface area contributed by atoms with E-state index in [0.29, 0.717) is 10.1 Å². The first kappa shape index (κ1) is 20.5. The maximum absolute atomic E-state index is 5.89. The second kappa shape index (κ2) is 11.0. The summed E-state index contributed by atoms with van der Waals surface area (Å²) in [6.07, 6.45) is 1.70. The van der Waals surface area contributed by atoms with E-state index < -0.39 is 0 Å². The van der Waals surface area contributed by atoms with Crippen LogP contribution in [-0.2, 0) is 4.74 Å². The van der Waals surface area contributed by atoms with Gasteiger partial charge in [-0.1, -0.05) is 23.7 Å². The molecule has 0 amide bonds. The highest BCUT2D eigenvalue weighted by molar-refractivity contribution is 7.80. The molecule has 1 aliphatic heterocycles. The summed E-state index contributed by atoms with van der Waals surface area (Å²) in [5.74, 6) is 1.44. The first-order valence-corrected chi connectivity index (χ1v) is 9.88. The number of thiocarbonyl (C=S) groups is 1. The van der Waals surface area contributed by atoms with Crippen molar-refractivity contribution >= 4 is 35.1 Å². The number of halogens is 1. The number of ether oxygens (including phenoxy) is 2. The Morgan fingerprint density at radius 2 is 1.96 bits per heavy atom. The highest BCUT2D eigenvalue weighted by atomic mass is 35.5. The summed E-state index contributed by atoms with van der Waals surface area (Å²) < 4.78 is 11.2. The molecule has 0 bridgehead atoms. The van der Waals surface area contributed by atoms with Gasteiger partial charge in [0.05, 0.1) is 19.4 Å². The van der Waals surface area contributed by atoms with E-state index in [1.165, 1.54) is 0 Å². The lowest BCUT2D eigenvalue weighted by atomic mass is 10.2. The lowest BCUT2D eigenvalue weighted by molar-refractivity contribution is 0.0389. The maximum Gasteiger partial charge on any atom is 0.187 e. The number of hydrogen-bond donors (Lipinski definition) is 2. The summed E-state index contributed by atoms with van der Waals surface area (Å²) in [5.41, 5.74) is 3.73. The molecule has 0 spiro atoms. The van der Waals surface area contributed by atoms with Crippen LogP contribution in [0.1, 0.15) is 5.56 Å². The summed E-state index contributed by atoms with van der Waals surface area (Å²) in [7, 11) is 0. The molecule has 1 saturated heterocycles. The van der Waals surface area contributed by atoms with Crippen molar-refractivity contribution < 1.29 is 9.47 Å². The summed E-state index contributed by atoms with van der Waals surface area (Å²) >= 11 is 11.1. The molecule has 28 heavy (non-hydrogen) atoms. The molecule has 1 aliphatic rings. The van der Waals surface area contributed by atoms with Gasteiger partial charge in [0.15, 0.2) is 5.11 Å².